The van der Waals surface area contributed by atoms with E-state index >= 15 is 0 Å². The van der Waals surface area contributed by atoms with Crippen LogP contribution in [0.25, 0.3) is 10.8 Å². The minimum atomic E-state index is -0.544. The van der Waals surface area contributed by atoms with E-state index < -0.39 is 6.04 Å². The molecular weight excluding hydrogens is 308 g/mol. The minimum absolute atomic E-state index is 0.171. The van der Waals surface area contributed by atoms with E-state index in [0.717, 1.165) is 22.9 Å². The van der Waals surface area contributed by atoms with Crippen LogP contribution < -0.4 is 16.2 Å². The van der Waals surface area contributed by atoms with E-state index in [9.17, 15) is 14.4 Å². The molecule has 0 saturated carbocycles. The molecule has 24 heavy (non-hydrogen) atoms. The van der Waals surface area contributed by atoms with Crippen molar-refractivity contribution in [2.75, 3.05) is 6.54 Å². The van der Waals surface area contributed by atoms with Crippen LogP contribution in [0, 0.1) is 6.92 Å². The van der Waals surface area contributed by atoms with E-state index in [4.69, 9.17) is 0 Å². The largest absolute Gasteiger partial charge is 0.354 e. The number of aryl methyl sites for hydroxylation is 1. The molecule has 1 aromatic heterocycles. The Hall–Kier alpha value is -2.70. The smallest absolute Gasteiger partial charge is 0.275 e. The lowest BCUT2D eigenvalue weighted by molar-refractivity contribution is -0.129. The third-order valence-corrected chi connectivity index (χ3v) is 4.22. The van der Waals surface area contributed by atoms with Crippen LogP contribution in [-0.4, -0.2) is 34.2 Å². The number of carbonyl (C=O) groups excluding carboxylic acids is 2. The summed E-state index contributed by atoms with van der Waals surface area (Å²) in [5, 5.41) is 11.0. The Morgan fingerprint density at radius 1 is 1.29 bits per heavy atom. The number of carbonyl (C=O) groups is 2. The molecule has 2 aromatic rings. The van der Waals surface area contributed by atoms with Crippen molar-refractivity contribution < 1.29 is 9.59 Å². The van der Waals surface area contributed by atoms with Gasteiger partial charge < -0.3 is 10.6 Å². The van der Waals surface area contributed by atoms with Crippen molar-refractivity contribution in [2.24, 2.45) is 0 Å². The zero-order valence-electron chi connectivity index (χ0n) is 13.5. The number of fused-ring (bicyclic) bond motifs is 1. The number of benzene rings is 1. The fourth-order valence-electron chi connectivity index (χ4n) is 2.96. The van der Waals surface area contributed by atoms with Gasteiger partial charge in [-0.2, -0.15) is 5.10 Å². The first kappa shape index (κ1) is 16.2. The van der Waals surface area contributed by atoms with Crippen LogP contribution >= 0.6 is 0 Å². The highest BCUT2D eigenvalue weighted by Gasteiger charge is 2.22. The molecule has 7 nitrogen and oxygen atoms in total. The summed E-state index contributed by atoms with van der Waals surface area (Å²) >= 11 is 0. The minimum Gasteiger partial charge on any atom is -0.354 e. The monoisotopic (exact) mass is 328 g/mol. The fourth-order valence-corrected chi connectivity index (χ4v) is 2.96. The molecule has 2 heterocycles. The lowest BCUT2D eigenvalue weighted by Gasteiger charge is -2.15. The molecular formula is C17H20N4O3. The average molecular weight is 328 g/mol. The van der Waals surface area contributed by atoms with Gasteiger partial charge in [-0.15, -0.1) is 0 Å². The van der Waals surface area contributed by atoms with Crippen LogP contribution in [0.5, 0.6) is 0 Å². The highest BCUT2D eigenvalue weighted by Crippen LogP contribution is 2.11. The molecule has 0 spiro atoms. The van der Waals surface area contributed by atoms with Gasteiger partial charge in [0.1, 0.15) is 12.6 Å². The SMILES string of the molecule is Cc1nn(CC(=O)N[C@@H]2CCCCNC2=O)c(=O)c2ccccc12. The van der Waals surface area contributed by atoms with Crippen molar-refractivity contribution in [1.82, 2.24) is 20.4 Å². The summed E-state index contributed by atoms with van der Waals surface area (Å²) in [7, 11) is 0. The molecule has 0 bridgehead atoms. The van der Waals surface area contributed by atoms with Crippen LogP contribution in [0.3, 0.4) is 0 Å². The standard InChI is InChI=1S/C17H20N4O3/c1-11-12-6-2-3-7-13(12)17(24)21(20-11)10-15(22)19-14-8-4-5-9-18-16(14)23/h2-3,6-7,14H,4-5,8-10H2,1H3,(H,18,23)(H,19,22)/t14-/m1/s1. The summed E-state index contributed by atoms with van der Waals surface area (Å²) in [6.45, 7) is 2.24. The first-order valence-corrected chi connectivity index (χ1v) is 8.10. The molecule has 7 heteroatoms. The molecule has 0 unspecified atom stereocenters. The van der Waals surface area contributed by atoms with Gasteiger partial charge in [-0.25, -0.2) is 4.68 Å². The van der Waals surface area contributed by atoms with Crippen molar-refractivity contribution in [3.63, 3.8) is 0 Å². The normalized spacial score (nSPS) is 18.0. The van der Waals surface area contributed by atoms with Crippen LogP contribution in [-0.2, 0) is 16.1 Å². The molecule has 2 amide bonds. The molecule has 1 saturated heterocycles. The van der Waals surface area contributed by atoms with Crippen LogP contribution in [0.4, 0.5) is 0 Å². The third-order valence-electron chi connectivity index (χ3n) is 4.22. The summed E-state index contributed by atoms with van der Waals surface area (Å²) in [5.41, 5.74) is 0.377. The Labute approximate surface area is 139 Å². The maximum Gasteiger partial charge on any atom is 0.275 e. The molecule has 1 fully saturated rings. The van der Waals surface area contributed by atoms with Gasteiger partial charge in [-0.05, 0) is 32.3 Å². The predicted molar refractivity (Wildman–Crippen MR) is 89.5 cm³/mol. The van der Waals surface area contributed by atoms with E-state index in [1.807, 2.05) is 12.1 Å². The summed E-state index contributed by atoms with van der Waals surface area (Å²) in [6, 6.07) is 6.64. The molecule has 2 N–H and O–H groups in total. The van der Waals surface area contributed by atoms with E-state index in [2.05, 4.69) is 15.7 Å². The number of nitrogens with one attached hydrogen (secondary N) is 2. The lowest BCUT2D eigenvalue weighted by Crippen LogP contribution is -2.47. The van der Waals surface area contributed by atoms with Gasteiger partial charge in [0.2, 0.25) is 11.8 Å². The van der Waals surface area contributed by atoms with Gasteiger partial charge >= 0.3 is 0 Å². The number of hydrogen-bond donors (Lipinski definition) is 2. The van der Waals surface area contributed by atoms with Crippen molar-refractivity contribution in [3.05, 3.63) is 40.3 Å². The lowest BCUT2D eigenvalue weighted by atomic mass is 10.1. The Kier molecular flexibility index (Phi) is 4.59. The number of aromatic nitrogens is 2. The Bertz CT molecular complexity index is 843. The first-order chi connectivity index (χ1) is 11.6. The maximum atomic E-state index is 12.5. The van der Waals surface area contributed by atoms with Crippen LogP contribution in [0.15, 0.2) is 29.1 Å². The van der Waals surface area contributed by atoms with Gasteiger partial charge in [0.05, 0.1) is 11.1 Å². The van der Waals surface area contributed by atoms with E-state index in [1.54, 1.807) is 19.1 Å². The van der Waals surface area contributed by atoms with Gasteiger partial charge in [-0.3, -0.25) is 14.4 Å². The molecule has 3 rings (SSSR count). The van der Waals surface area contributed by atoms with Crippen LogP contribution in [0.1, 0.15) is 25.0 Å². The molecule has 1 atom stereocenters. The first-order valence-electron chi connectivity index (χ1n) is 8.10. The molecule has 0 radical (unpaired) electrons. The summed E-state index contributed by atoms with van der Waals surface area (Å²) in [4.78, 5) is 36.6. The van der Waals surface area contributed by atoms with Crippen LogP contribution in [0.2, 0.25) is 0 Å². The molecule has 1 aliphatic heterocycles. The van der Waals surface area contributed by atoms with Gasteiger partial charge in [-0.1, -0.05) is 18.2 Å². The average Bonchev–Trinajstić information content (AvgIpc) is 2.77. The zero-order chi connectivity index (χ0) is 17.1. The number of amides is 2. The van der Waals surface area contributed by atoms with Crippen molar-refractivity contribution in [3.8, 4) is 0 Å². The zero-order valence-corrected chi connectivity index (χ0v) is 13.5. The molecule has 126 valence electrons. The highest BCUT2D eigenvalue weighted by atomic mass is 16.2. The Balaban J connectivity index is 1.79. The highest BCUT2D eigenvalue weighted by molar-refractivity contribution is 5.88. The maximum absolute atomic E-state index is 12.5. The second-order valence-electron chi connectivity index (χ2n) is 6.00. The number of hydrogen-bond acceptors (Lipinski definition) is 4. The summed E-state index contributed by atoms with van der Waals surface area (Å²) in [5.74, 6) is -0.558. The van der Waals surface area contributed by atoms with E-state index in [0.29, 0.717) is 24.0 Å². The Morgan fingerprint density at radius 3 is 2.83 bits per heavy atom. The number of nitrogens with zero attached hydrogens (tertiary/aromatic N) is 2. The van der Waals surface area contributed by atoms with Gasteiger partial charge in [0.15, 0.2) is 0 Å². The summed E-state index contributed by atoms with van der Waals surface area (Å²) in [6.07, 6.45) is 2.39. The molecule has 0 aliphatic carbocycles. The summed E-state index contributed by atoms with van der Waals surface area (Å²) < 4.78 is 1.15. The van der Waals surface area contributed by atoms with E-state index in [1.165, 1.54) is 0 Å². The molecule has 1 aliphatic rings. The fraction of sp³-hybridized carbons (Fsp3) is 0.412. The molecule has 1 aromatic carbocycles. The second kappa shape index (κ2) is 6.82. The number of rotatable bonds is 3. The van der Waals surface area contributed by atoms with Crippen molar-refractivity contribution in [1.29, 1.82) is 0 Å². The Morgan fingerprint density at radius 2 is 2.04 bits per heavy atom. The topological polar surface area (TPSA) is 93.1 Å². The predicted octanol–water partition coefficient (Wildman–Crippen LogP) is 0.490. The second-order valence-corrected chi connectivity index (χ2v) is 6.00. The quantitative estimate of drug-likeness (QED) is 0.857. The van der Waals surface area contributed by atoms with Crippen molar-refractivity contribution >= 4 is 22.6 Å². The van der Waals surface area contributed by atoms with Crippen molar-refractivity contribution in [2.45, 2.75) is 38.8 Å². The third kappa shape index (κ3) is 3.29. The van der Waals surface area contributed by atoms with Gasteiger partial charge in [0.25, 0.3) is 5.56 Å². The van der Waals surface area contributed by atoms with E-state index in [-0.39, 0.29) is 23.9 Å². The van der Waals surface area contributed by atoms with Gasteiger partial charge in [0, 0.05) is 11.9 Å².